The molecule has 0 aliphatic carbocycles. The van der Waals surface area contributed by atoms with Crippen LogP contribution in [0, 0.1) is 0 Å². The highest BCUT2D eigenvalue weighted by Gasteiger charge is 2.05. The Morgan fingerprint density at radius 3 is 2.77 bits per heavy atom. The molecule has 22 heavy (non-hydrogen) atoms. The minimum absolute atomic E-state index is 0.325. The van der Waals surface area contributed by atoms with Crippen LogP contribution < -0.4 is 10.6 Å². The summed E-state index contributed by atoms with van der Waals surface area (Å²) >= 11 is 0. The number of aromatic nitrogens is 4. The maximum atomic E-state index is 11.9. The second kappa shape index (κ2) is 6.49. The van der Waals surface area contributed by atoms with Crippen molar-refractivity contribution in [2.75, 3.05) is 5.32 Å². The number of hydrogen-bond acceptors (Lipinski definition) is 4. The Bertz CT molecular complexity index is 742. The number of urea groups is 1. The van der Waals surface area contributed by atoms with Gasteiger partial charge in [0, 0.05) is 25.0 Å². The SMILES string of the molecule is O=C(NCc1ccccc1)Nc1cc(-n2cccn2)ncn1. The van der Waals surface area contributed by atoms with Gasteiger partial charge in [0.15, 0.2) is 5.82 Å². The molecule has 0 atom stereocenters. The van der Waals surface area contributed by atoms with Gasteiger partial charge in [-0.3, -0.25) is 5.32 Å². The summed E-state index contributed by atoms with van der Waals surface area (Å²) in [5.41, 5.74) is 1.03. The maximum Gasteiger partial charge on any atom is 0.320 e. The van der Waals surface area contributed by atoms with Gasteiger partial charge in [-0.15, -0.1) is 0 Å². The van der Waals surface area contributed by atoms with E-state index in [2.05, 4.69) is 25.7 Å². The van der Waals surface area contributed by atoms with Crippen LogP contribution in [0.3, 0.4) is 0 Å². The summed E-state index contributed by atoms with van der Waals surface area (Å²) < 4.78 is 1.59. The molecule has 0 fully saturated rings. The van der Waals surface area contributed by atoms with Gasteiger partial charge in [-0.05, 0) is 11.6 Å². The Kier molecular flexibility index (Phi) is 4.05. The van der Waals surface area contributed by atoms with Gasteiger partial charge in [0.2, 0.25) is 0 Å². The summed E-state index contributed by atoms with van der Waals surface area (Å²) in [6.07, 6.45) is 4.80. The summed E-state index contributed by atoms with van der Waals surface area (Å²) in [5.74, 6) is 0.990. The van der Waals surface area contributed by atoms with E-state index in [1.807, 2.05) is 30.3 Å². The average molecular weight is 294 g/mol. The third-order valence-corrected chi connectivity index (χ3v) is 2.93. The number of carbonyl (C=O) groups excluding carboxylic acids is 1. The predicted molar refractivity (Wildman–Crippen MR) is 81.5 cm³/mol. The monoisotopic (exact) mass is 294 g/mol. The molecule has 0 saturated heterocycles. The second-order valence-corrected chi connectivity index (χ2v) is 4.51. The van der Waals surface area contributed by atoms with Crippen LogP contribution in [0.25, 0.3) is 5.82 Å². The van der Waals surface area contributed by atoms with Gasteiger partial charge < -0.3 is 5.32 Å². The smallest absolute Gasteiger partial charge is 0.320 e. The molecule has 2 amide bonds. The lowest BCUT2D eigenvalue weighted by Crippen LogP contribution is -2.28. The molecule has 0 bridgehead atoms. The van der Waals surface area contributed by atoms with Crippen LogP contribution in [0.4, 0.5) is 10.6 Å². The number of hydrogen-bond donors (Lipinski definition) is 2. The van der Waals surface area contributed by atoms with Gasteiger partial charge in [0.1, 0.15) is 12.1 Å². The van der Waals surface area contributed by atoms with Crippen LogP contribution in [0.2, 0.25) is 0 Å². The maximum absolute atomic E-state index is 11.9. The van der Waals surface area contributed by atoms with E-state index < -0.39 is 0 Å². The molecule has 2 heterocycles. The molecule has 1 aromatic carbocycles. The Labute approximate surface area is 127 Å². The topological polar surface area (TPSA) is 84.7 Å². The molecule has 3 rings (SSSR count). The molecular weight excluding hydrogens is 280 g/mol. The van der Waals surface area contributed by atoms with Gasteiger partial charge in [0.25, 0.3) is 0 Å². The first kappa shape index (κ1) is 13.7. The molecule has 2 N–H and O–H groups in total. The van der Waals surface area contributed by atoms with E-state index in [4.69, 9.17) is 0 Å². The van der Waals surface area contributed by atoms with E-state index in [1.54, 1.807) is 29.2 Å². The number of carbonyl (C=O) groups is 1. The van der Waals surface area contributed by atoms with Crippen molar-refractivity contribution in [1.29, 1.82) is 0 Å². The predicted octanol–water partition coefficient (Wildman–Crippen LogP) is 1.98. The molecule has 7 nitrogen and oxygen atoms in total. The molecule has 2 aromatic heterocycles. The van der Waals surface area contributed by atoms with E-state index in [0.717, 1.165) is 5.56 Å². The van der Waals surface area contributed by atoms with Gasteiger partial charge in [-0.1, -0.05) is 30.3 Å². The van der Waals surface area contributed by atoms with Gasteiger partial charge in [0.05, 0.1) is 0 Å². The number of amides is 2. The minimum Gasteiger partial charge on any atom is -0.334 e. The van der Waals surface area contributed by atoms with Crippen molar-refractivity contribution in [2.24, 2.45) is 0 Å². The molecule has 0 radical (unpaired) electrons. The second-order valence-electron chi connectivity index (χ2n) is 4.51. The molecule has 7 heteroatoms. The normalized spacial score (nSPS) is 10.2. The summed E-state index contributed by atoms with van der Waals surface area (Å²) in [6.45, 7) is 0.448. The first-order valence-corrected chi connectivity index (χ1v) is 6.72. The Balaban J connectivity index is 1.61. The third kappa shape index (κ3) is 3.45. The van der Waals surface area contributed by atoms with Crippen molar-refractivity contribution in [2.45, 2.75) is 6.54 Å². The number of rotatable bonds is 4. The Hall–Kier alpha value is -3.22. The molecule has 3 aromatic rings. The fraction of sp³-hybridized carbons (Fsp3) is 0.0667. The van der Waals surface area contributed by atoms with E-state index in [1.165, 1.54) is 6.33 Å². The molecule has 0 spiro atoms. The number of anilines is 1. The van der Waals surface area contributed by atoms with Crippen molar-refractivity contribution in [3.63, 3.8) is 0 Å². The van der Waals surface area contributed by atoms with Gasteiger partial charge in [-0.2, -0.15) is 5.10 Å². The molecule has 0 unspecified atom stereocenters. The van der Waals surface area contributed by atoms with Crippen molar-refractivity contribution < 1.29 is 4.79 Å². The third-order valence-electron chi connectivity index (χ3n) is 2.93. The van der Waals surface area contributed by atoms with E-state index in [0.29, 0.717) is 18.2 Å². The van der Waals surface area contributed by atoms with Crippen LogP contribution in [0.5, 0.6) is 0 Å². The zero-order valence-corrected chi connectivity index (χ0v) is 11.7. The number of benzene rings is 1. The van der Waals surface area contributed by atoms with Crippen LogP contribution in [-0.2, 0) is 6.54 Å². The average Bonchev–Trinajstić information content (AvgIpc) is 3.09. The molecular formula is C15H14N6O. The quantitative estimate of drug-likeness (QED) is 0.770. The Morgan fingerprint density at radius 1 is 1.14 bits per heavy atom. The highest BCUT2D eigenvalue weighted by atomic mass is 16.2. The highest BCUT2D eigenvalue weighted by Crippen LogP contribution is 2.07. The minimum atomic E-state index is -0.325. The fourth-order valence-corrected chi connectivity index (χ4v) is 1.88. The van der Waals surface area contributed by atoms with E-state index in [9.17, 15) is 4.79 Å². The van der Waals surface area contributed by atoms with E-state index in [-0.39, 0.29) is 6.03 Å². The first-order chi connectivity index (χ1) is 10.8. The largest absolute Gasteiger partial charge is 0.334 e. The lowest BCUT2D eigenvalue weighted by Gasteiger charge is -2.08. The van der Waals surface area contributed by atoms with Crippen molar-refractivity contribution in [3.8, 4) is 5.82 Å². The van der Waals surface area contributed by atoms with Crippen LogP contribution in [-0.4, -0.2) is 25.8 Å². The summed E-state index contributed by atoms with van der Waals surface area (Å²) in [7, 11) is 0. The van der Waals surface area contributed by atoms with Gasteiger partial charge in [-0.25, -0.2) is 19.4 Å². The van der Waals surface area contributed by atoms with Crippen LogP contribution >= 0.6 is 0 Å². The highest BCUT2D eigenvalue weighted by molar-refractivity contribution is 5.88. The summed E-state index contributed by atoms with van der Waals surface area (Å²) in [5, 5.41) is 9.52. The zero-order valence-electron chi connectivity index (χ0n) is 11.7. The lowest BCUT2D eigenvalue weighted by atomic mass is 10.2. The fourth-order valence-electron chi connectivity index (χ4n) is 1.88. The molecule has 0 saturated carbocycles. The Morgan fingerprint density at radius 2 is 2.00 bits per heavy atom. The summed E-state index contributed by atoms with van der Waals surface area (Å²) in [4.78, 5) is 20.0. The van der Waals surface area contributed by atoms with Crippen molar-refractivity contribution >= 4 is 11.8 Å². The molecule has 0 aliphatic heterocycles. The molecule has 110 valence electrons. The zero-order chi connectivity index (χ0) is 15.2. The number of nitrogens with zero attached hydrogens (tertiary/aromatic N) is 4. The standard InChI is InChI=1S/C15H14N6O/c22-15(16-10-12-5-2-1-3-6-12)20-13-9-14(18-11-17-13)21-8-4-7-19-21/h1-9,11H,10H2,(H2,16,17,18,20,22). The lowest BCUT2D eigenvalue weighted by molar-refractivity contribution is 0.251. The molecule has 0 aliphatic rings. The summed E-state index contributed by atoms with van der Waals surface area (Å²) in [6, 6.07) is 12.8. The van der Waals surface area contributed by atoms with Crippen LogP contribution in [0.1, 0.15) is 5.56 Å². The van der Waals surface area contributed by atoms with Gasteiger partial charge >= 0.3 is 6.03 Å². The number of nitrogens with one attached hydrogen (secondary N) is 2. The van der Waals surface area contributed by atoms with E-state index >= 15 is 0 Å². The van der Waals surface area contributed by atoms with Crippen molar-refractivity contribution in [1.82, 2.24) is 25.1 Å². The first-order valence-electron chi connectivity index (χ1n) is 6.72. The van der Waals surface area contributed by atoms with Crippen molar-refractivity contribution in [3.05, 3.63) is 66.7 Å². The van der Waals surface area contributed by atoms with Crippen LogP contribution in [0.15, 0.2) is 61.2 Å².